The van der Waals surface area contributed by atoms with E-state index in [2.05, 4.69) is 117 Å². The first-order valence-corrected chi connectivity index (χ1v) is 20.2. The van der Waals surface area contributed by atoms with Crippen molar-refractivity contribution in [2.75, 3.05) is 0 Å². The molecule has 2 unspecified atom stereocenters. The van der Waals surface area contributed by atoms with Crippen molar-refractivity contribution in [2.24, 2.45) is 17.8 Å². The van der Waals surface area contributed by atoms with E-state index in [4.69, 9.17) is 15.0 Å². The Labute approximate surface area is 330 Å². The van der Waals surface area contributed by atoms with Crippen molar-refractivity contribution in [1.29, 1.82) is 5.26 Å². The van der Waals surface area contributed by atoms with Crippen molar-refractivity contribution in [2.45, 2.75) is 56.8 Å². The number of nitrogens with zero attached hydrogens (tertiary/aromatic N) is 4. The second-order valence-electron chi connectivity index (χ2n) is 16.8. The van der Waals surface area contributed by atoms with Gasteiger partial charge in [0.2, 0.25) is 0 Å². The summed E-state index contributed by atoms with van der Waals surface area (Å²) < 4.78 is 0. The van der Waals surface area contributed by atoms with Gasteiger partial charge in [-0.05, 0) is 106 Å². The summed E-state index contributed by atoms with van der Waals surface area (Å²) in [6.45, 7) is 4.95. The summed E-state index contributed by atoms with van der Waals surface area (Å²) in [5.41, 5.74) is 11.7. The molecule has 1 heterocycles. The van der Waals surface area contributed by atoms with Crippen molar-refractivity contribution in [1.82, 2.24) is 15.0 Å². The highest BCUT2D eigenvalue weighted by atomic mass is 15.0. The summed E-state index contributed by atoms with van der Waals surface area (Å²) >= 11 is 0. The zero-order chi connectivity index (χ0) is 37.9. The van der Waals surface area contributed by atoms with Crippen LogP contribution in [0, 0.1) is 29.1 Å². The van der Waals surface area contributed by atoms with Crippen molar-refractivity contribution in [3.05, 3.63) is 185 Å². The van der Waals surface area contributed by atoms with Gasteiger partial charge in [-0.3, -0.25) is 0 Å². The van der Waals surface area contributed by atoms with E-state index in [1.807, 2.05) is 54.6 Å². The number of aromatic nitrogens is 3. The van der Waals surface area contributed by atoms with Crippen LogP contribution in [0.3, 0.4) is 0 Å². The number of nitriles is 1. The lowest BCUT2D eigenvalue weighted by Crippen LogP contribution is -2.42. The number of fused-ring (bicyclic) bond motifs is 5. The van der Waals surface area contributed by atoms with Gasteiger partial charge in [-0.2, -0.15) is 5.26 Å². The monoisotopic (exact) mass is 724 g/mol. The van der Waals surface area contributed by atoms with Gasteiger partial charge in [0.05, 0.1) is 17.0 Å². The van der Waals surface area contributed by atoms with Gasteiger partial charge in [-0.1, -0.05) is 153 Å². The molecule has 1 aromatic heterocycles. The molecule has 4 nitrogen and oxygen atoms in total. The van der Waals surface area contributed by atoms with Gasteiger partial charge in [-0.15, -0.1) is 0 Å². The molecule has 0 aliphatic heterocycles. The van der Waals surface area contributed by atoms with E-state index in [0.717, 1.165) is 40.0 Å². The second-order valence-corrected chi connectivity index (χ2v) is 16.8. The molecule has 3 aliphatic carbocycles. The molecule has 2 bridgehead atoms. The zero-order valence-electron chi connectivity index (χ0n) is 32.0. The van der Waals surface area contributed by atoms with Gasteiger partial charge in [0.1, 0.15) is 0 Å². The van der Waals surface area contributed by atoms with Gasteiger partial charge in [0, 0.05) is 16.7 Å². The molecule has 6 aromatic carbocycles. The van der Waals surface area contributed by atoms with Crippen molar-refractivity contribution >= 4 is 0 Å². The highest BCUT2D eigenvalue weighted by Crippen LogP contribution is 2.59. The van der Waals surface area contributed by atoms with Crippen LogP contribution in [0.5, 0.6) is 0 Å². The largest absolute Gasteiger partial charge is 0.208 e. The molecule has 0 saturated heterocycles. The standard InChI is InChI=1S/C52H44N4/c1-34-27-37-28-35(2)31-51(30-34,32-37)40-23-25-42(26-24-40)52(41-17-7-4-8-18-41)45-21-10-9-19-43(45)47-44(20-12-22-46(47)52)50-55-48(38-14-5-3-6-15-38)54-49(56-50)39-16-11-13-36(29-39)33-53/h3-26,29,34-35,37H,27-28,30-32H2,1-2H3/t34-,35+,37-,51?,52?. The first kappa shape index (κ1) is 34.3. The molecule has 272 valence electrons. The third-order valence-electron chi connectivity index (χ3n) is 13.0. The van der Waals surface area contributed by atoms with Crippen LogP contribution < -0.4 is 0 Å². The molecule has 10 rings (SSSR count). The maximum absolute atomic E-state index is 9.75. The normalized spacial score (nSPS) is 23.5. The van der Waals surface area contributed by atoms with Crippen LogP contribution in [0.2, 0.25) is 0 Å². The molecule has 4 heteroatoms. The summed E-state index contributed by atoms with van der Waals surface area (Å²) in [6.07, 6.45) is 6.63. The van der Waals surface area contributed by atoms with Crippen LogP contribution >= 0.6 is 0 Å². The molecule has 2 saturated carbocycles. The number of benzene rings is 6. The van der Waals surface area contributed by atoms with E-state index in [1.54, 1.807) is 0 Å². The van der Waals surface area contributed by atoms with Crippen LogP contribution in [0.1, 0.15) is 79.3 Å². The van der Waals surface area contributed by atoms with Crippen molar-refractivity contribution < 1.29 is 0 Å². The zero-order valence-corrected chi connectivity index (χ0v) is 32.0. The van der Waals surface area contributed by atoms with Crippen LogP contribution in [0.25, 0.3) is 45.3 Å². The van der Waals surface area contributed by atoms with E-state index < -0.39 is 5.41 Å². The second kappa shape index (κ2) is 13.5. The summed E-state index contributed by atoms with van der Waals surface area (Å²) in [5.74, 6) is 4.09. The third kappa shape index (κ3) is 5.52. The Morgan fingerprint density at radius 2 is 1.07 bits per heavy atom. The fourth-order valence-electron chi connectivity index (χ4n) is 11.2. The van der Waals surface area contributed by atoms with E-state index in [9.17, 15) is 5.26 Å². The highest BCUT2D eigenvalue weighted by molar-refractivity contribution is 5.94. The number of hydrogen-bond donors (Lipinski definition) is 0. The van der Waals surface area contributed by atoms with Crippen molar-refractivity contribution in [3.63, 3.8) is 0 Å². The minimum absolute atomic E-state index is 0.261. The van der Waals surface area contributed by atoms with E-state index in [1.165, 1.54) is 65.5 Å². The van der Waals surface area contributed by atoms with Crippen LogP contribution in [0.4, 0.5) is 0 Å². The number of hydrogen-bond acceptors (Lipinski definition) is 4. The molecule has 5 atom stereocenters. The molecular weight excluding hydrogens is 681 g/mol. The Kier molecular flexibility index (Phi) is 8.29. The maximum Gasteiger partial charge on any atom is 0.164 e. The summed E-state index contributed by atoms with van der Waals surface area (Å²) in [5, 5.41) is 9.75. The average molecular weight is 725 g/mol. The predicted molar refractivity (Wildman–Crippen MR) is 225 cm³/mol. The van der Waals surface area contributed by atoms with Crippen LogP contribution in [0.15, 0.2) is 152 Å². The Hall–Kier alpha value is -6.18. The third-order valence-corrected chi connectivity index (χ3v) is 13.0. The fourth-order valence-corrected chi connectivity index (χ4v) is 11.2. The average Bonchev–Trinajstić information content (AvgIpc) is 3.55. The van der Waals surface area contributed by atoms with Crippen LogP contribution in [-0.4, -0.2) is 15.0 Å². The van der Waals surface area contributed by atoms with Crippen molar-refractivity contribution in [3.8, 4) is 51.4 Å². The van der Waals surface area contributed by atoms with Gasteiger partial charge in [-0.25, -0.2) is 15.0 Å². The van der Waals surface area contributed by atoms with Gasteiger partial charge in [0.15, 0.2) is 17.5 Å². The molecule has 0 amide bonds. The maximum atomic E-state index is 9.75. The molecule has 0 N–H and O–H groups in total. The molecule has 0 spiro atoms. The van der Waals surface area contributed by atoms with E-state index in [0.29, 0.717) is 23.0 Å². The lowest BCUT2D eigenvalue weighted by Gasteiger charge is -2.50. The Morgan fingerprint density at radius 1 is 0.518 bits per heavy atom. The molecule has 3 aliphatic rings. The number of rotatable bonds is 6. The minimum Gasteiger partial charge on any atom is -0.208 e. The Bertz CT molecular complexity index is 2600. The Morgan fingerprint density at radius 3 is 1.80 bits per heavy atom. The molecule has 2 fully saturated rings. The summed E-state index contributed by atoms with van der Waals surface area (Å²) in [6, 6.07) is 56.3. The lowest BCUT2D eigenvalue weighted by molar-refractivity contribution is 0.0780. The van der Waals surface area contributed by atoms with Gasteiger partial charge < -0.3 is 0 Å². The SMILES string of the molecule is C[C@@H]1C[C@@H]2C[C@H](C)CC(c3ccc(C4(c5ccccc5)c5ccccc5-c5c(-c6nc(-c7ccccc7)nc(-c7cccc(C#N)c7)n6)cccc54)cc3)(C1)C2. The minimum atomic E-state index is -0.555. The summed E-state index contributed by atoms with van der Waals surface area (Å²) in [7, 11) is 0. The topological polar surface area (TPSA) is 62.5 Å². The van der Waals surface area contributed by atoms with Crippen LogP contribution in [-0.2, 0) is 10.8 Å². The fraction of sp³-hybridized carbons (Fsp3) is 0.231. The Balaban J connectivity index is 1.19. The first-order chi connectivity index (χ1) is 27.4. The van der Waals surface area contributed by atoms with E-state index >= 15 is 0 Å². The quantitative estimate of drug-likeness (QED) is 0.171. The molecular formula is C52H44N4. The summed E-state index contributed by atoms with van der Waals surface area (Å²) in [4.78, 5) is 15.4. The predicted octanol–water partition coefficient (Wildman–Crippen LogP) is 12.2. The lowest BCUT2D eigenvalue weighted by atomic mass is 9.54. The van der Waals surface area contributed by atoms with Gasteiger partial charge >= 0.3 is 0 Å². The van der Waals surface area contributed by atoms with E-state index in [-0.39, 0.29) is 5.41 Å². The highest BCUT2D eigenvalue weighted by Gasteiger charge is 2.48. The van der Waals surface area contributed by atoms with Gasteiger partial charge in [0.25, 0.3) is 0 Å². The molecule has 0 radical (unpaired) electrons. The smallest absolute Gasteiger partial charge is 0.164 e. The first-order valence-electron chi connectivity index (χ1n) is 20.2. The molecule has 7 aromatic rings. The molecule has 56 heavy (non-hydrogen) atoms.